The fraction of sp³-hybridized carbons (Fsp3) is 0.333. The molecule has 10 heteroatoms. The number of carbonyl (C=O) groups excluding carboxylic acids is 1. The maximum absolute atomic E-state index is 12.3. The number of nitrogens with zero attached hydrogens (tertiary/aromatic N) is 5. The van der Waals surface area contributed by atoms with Gasteiger partial charge in [0, 0.05) is 23.0 Å². The van der Waals surface area contributed by atoms with E-state index in [-0.39, 0.29) is 17.2 Å². The van der Waals surface area contributed by atoms with Gasteiger partial charge in [-0.05, 0) is 49.9 Å². The van der Waals surface area contributed by atoms with E-state index in [0.717, 1.165) is 24.2 Å². The second kappa shape index (κ2) is 8.01. The zero-order chi connectivity index (χ0) is 21.5. The predicted octanol–water partition coefficient (Wildman–Crippen LogP) is 4.88. The number of hydrogen-bond donors (Lipinski definition) is 1. The normalized spacial score (nSPS) is 19.4. The highest BCUT2D eigenvalue weighted by Gasteiger charge is 2.44. The number of benzene rings is 1. The van der Waals surface area contributed by atoms with Crippen molar-refractivity contribution in [3.63, 3.8) is 0 Å². The van der Waals surface area contributed by atoms with Gasteiger partial charge in [0.25, 0.3) is 0 Å². The minimum absolute atomic E-state index is 0.00110. The molecule has 1 saturated carbocycles. The number of aromatic nitrogens is 4. The third-order valence-corrected chi connectivity index (χ3v) is 5.96. The molecule has 2 atom stereocenters. The van der Waals surface area contributed by atoms with E-state index in [1.165, 1.54) is 0 Å². The zero-order valence-corrected chi connectivity index (χ0v) is 18.2. The molecule has 160 valence electrons. The summed E-state index contributed by atoms with van der Waals surface area (Å²) in [7, 11) is 0. The first kappa shape index (κ1) is 20.1. The summed E-state index contributed by atoms with van der Waals surface area (Å²) in [5, 5.41) is 4.16. The first-order valence-electron chi connectivity index (χ1n) is 10.0. The lowest BCUT2D eigenvalue weighted by molar-refractivity contribution is 0.178. The molecule has 3 heterocycles. The summed E-state index contributed by atoms with van der Waals surface area (Å²) in [5.74, 6) is 1.22. The van der Waals surface area contributed by atoms with Crippen molar-refractivity contribution in [2.75, 3.05) is 16.8 Å². The van der Waals surface area contributed by atoms with Gasteiger partial charge in [0.1, 0.15) is 17.6 Å². The Morgan fingerprint density at radius 1 is 1.19 bits per heavy atom. The third-order valence-electron chi connectivity index (χ3n) is 5.52. The van der Waals surface area contributed by atoms with Gasteiger partial charge in [-0.2, -0.15) is 4.98 Å². The van der Waals surface area contributed by atoms with Crippen LogP contribution in [0, 0.1) is 5.92 Å². The van der Waals surface area contributed by atoms with Crippen molar-refractivity contribution in [2.24, 2.45) is 5.92 Å². The molecule has 1 amide bonds. The minimum Gasteiger partial charge on any atom is -0.447 e. The van der Waals surface area contributed by atoms with Crippen molar-refractivity contribution in [3.05, 3.63) is 58.7 Å². The van der Waals surface area contributed by atoms with E-state index >= 15 is 0 Å². The number of cyclic esters (lactones) is 1. The van der Waals surface area contributed by atoms with E-state index in [2.05, 4.69) is 20.3 Å². The monoisotopic (exact) mass is 458 g/mol. The summed E-state index contributed by atoms with van der Waals surface area (Å²) in [5.41, 5.74) is 1.76. The predicted molar refractivity (Wildman–Crippen MR) is 118 cm³/mol. The summed E-state index contributed by atoms with van der Waals surface area (Å²) in [6.45, 7) is 2.34. The number of hydrogen-bond acceptors (Lipinski definition) is 6. The van der Waals surface area contributed by atoms with Gasteiger partial charge in [-0.1, -0.05) is 23.2 Å². The number of amides is 1. The number of ether oxygens (including phenoxy) is 1. The van der Waals surface area contributed by atoms with E-state index in [9.17, 15) is 4.79 Å². The van der Waals surface area contributed by atoms with E-state index < -0.39 is 6.09 Å². The summed E-state index contributed by atoms with van der Waals surface area (Å²) >= 11 is 12.2. The minimum atomic E-state index is -0.396. The summed E-state index contributed by atoms with van der Waals surface area (Å²) in [4.78, 5) is 27.2. The molecule has 1 aliphatic heterocycles. The number of imidazole rings is 1. The van der Waals surface area contributed by atoms with E-state index in [0.29, 0.717) is 29.3 Å². The largest absolute Gasteiger partial charge is 0.447 e. The smallest absolute Gasteiger partial charge is 0.415 e. The second-order valence-corrected chi connectivity index (χ2v) is 8.60. The number of rotatable bonds is 6. The molecule has 1 saturated heterocycles. The van der Waals surface area contributed by atoms with Crippen molar-refractivity contribution >= 4 is 41.1 Å². The molecule has 1 aliphatic carbocycles. The topological polar surface area (TPSA) is 85.2 Å². The molecule has 1 N–H and O–H groups in total. The van der Waals surface area contributed by atoms with Crippen LogP contribution in [0.25, 0.3) is 5.69 Å². The Morgan fingerprint density at radius 3 is 2.71 bits per heavy atom. The van der Waals surface area contributed by atoms with Crippen molar-refractivity contribution in [2.45, 2.75) is 31.8 Å². The van der Waals surface area contributed by atoms with E-state index in [4.69, 9.17) is 27.9 Å². The Balaban J connectivity index is 1.35. The quantitative estimate of drug-likeness (QED) is 0.529. The Bertz CT molecular complexity index is 1120. The molecule has 2 aliphatic rings. The van der Waals surface area contributed by atoms with E-state index in [1.807, 2.05) is 42.0 Å². The maximum atomic E-state index is 12.3. The van der Waals surface area contributed by atoms with Crippen molar-refractivity contribution in [1.29, 1.82) is 0 Å². The standard InChI is InChI=1S/C21H20Cl2N6O2/c1-12(16-9-28(11-24-16)15-6-4-14(22)5-7-15)25-20-26-18(23)8-19(27-20)29-17(13-2-3-13)10-31-21(29)30/h4-9,11-13,17H,2-3,10H2,1H3,(H,25,26,27)/t12-,17+/m0/s1. The number of halogens is 2. The number of nitrogens with one attached hydrogen (secondary N) is 1. The molecule has 0 spiro atoms. The first-order chi connectivity index (χ1) is 15.0. The van der Waals surface area contributed by atoms with Crippen molar-refractivity contribution < 1.29 is 9.53 Å². The summed E-state index contributed by atoms with van der Waals surface area (Å²) in [6, 6.07) is 8.90. The Morgan fingerprint density at radius 2 is 1.97 bits per heavy atom. The Labute approximate surface area is 189 Å². The van der Waals surface area contributed by atoms with Gasteiger partial charge < -0.3 is 14.6 Å². The van der Waals surface area contributed by atoms with Crippen LogP contribution in [0.4, 0.5) is 16.6 Å². The molecule has 3 aromatic rings. The van der Waals surface area contributed by atoms with Gasteiger partial charge in [0.15, 0.2) is 0 Å². The molecule has 2 aromatic heterocycles. The fourth-order valence-electron chi connectivity index (χ4n) is 3.70. The molecule has 0 bridgehead atoms. The van der Waals surface area contributed by atoms with Gasteiger partial charge in [0.2, 0.25) is 5.95 Å². The van der Waals surface area contributed by atoms with Crippen molar-refractivity contribution in [3.8, 4) is 5.69 Å². The molecule has 0 radical (unpaired) electrons. The molecule has 31 heavy (non-hydrogen) atoms. The lowest BCUT2D eigenvalue weighted by Crippen LogP contribution is -2.35. The van der Waals surface area contributed by atoms with Crippen LogP contribution in [0.1, 0.15) is 31.5 Å². The van der Waals surface area contributed by atoms with Crippen LogP contribution < -0.4 is 10.2 Å². The lowest BCUT2D eigenvalue weighted by atomic mass is 10.2. The SMILES string of the molecule is C[C@H](Nc1nc(Cl)cc(N2C(=O)OC[C@@H]2C2CC2)n1)c1cn(-c2ccc(Cl)cc2)cn1. The zero-order valence-electron chi connectivity index (χ0n) is 16.7. The number of carbonyl (C=O) groups is 1. The number of anilines is 2. The Kier molecular flexibility index (Phi) is 5.19. The summed E-state index contributed by atoms with van der Waals surface area (Å²) < 4.78 is 7.17. The molecule has 5 rings (SSSR count). The van der Waals surface area contributed by atoms with E-state index in [1.54, 1.807) is 17.3 Å². The average molecular weight is 459 g/mol. The van der Waals surface area contributed by atoms with Gasteiger partial charge in [-0.25, -0.2) is 14.8 Å². The van der Waals surface area contributed by atoms with Crippen LogP contribution in [0.3, 0.4) is 0 Å². The highest BCUT2D eigenvalue weighted by molar-refractivity contribution is 6.30. The van der Waals surface area contributed by atoms with Crippen molar-refractivity contribution in [1.82, 2.24) is 19.5 Å². The molecule has 0 unspecified atom stereocenters. The highest BCUT2D eigenvalue weighted by Crippen LogP contribution is 2.40. The summed E-state index contributed by atoms with van der Waals surface area (Å²) in [6.07, 6.45) is 5.45. The average Bonchev–Trinajstić information content (AvgIpc) is 3.32. The van der Waals surface area contributed by atoms with Crippen LogP contribution >= 0.6 is 23.2 Å². The molecule has 2 fully saturated rings. The first-order valence-corrected chi connectivity index (χ1v) is 10.8. The van der Waals surface area contributed by atoms with Gasteiger partial charge in [-0.3, -0.25) is 4.90 Å². The maximum Gasteiger partial charge on any atom is 0.415 e. The molecular weight excluding hydrogens is 439 g/mol. The molecule has 8 nitrogen and oxygen atoms in total. The van der Waals surface area contributed by atoms with Crippen LogP contribution in [0.5, 0.6) is 0 Å². The highest BCUT2D eigenvalue weighted by atomic mass is 35.5. The van der Waals surface area contributed by atoms with Crippen LogP contribution in [-0.2, 0) is 4.74 Å². The van der Waals surface area contributed by atoms with Gasteiger partial charge in [-0.15, -0.1) is 0 Å². The second-order valence-electron chi connectivity index (χ2n) is 7.77. The third kappa shape index (κ3) is 4.18. The van der Waals surface area contributed by atoms with Crippen LogP contribution in [0.2, 0.25) is 10.2 Å². The molecular formula is C21H20Cl2N6O2. The van der Waals surface area contributed by atoms with Crippen LogP contribution in [-0.4, -0.2) is 38.3 Å². The fourth-order valence-corrected chi connectivity index (χ4v) is 4.01. The lowest BCUT2D eigenvalue weighted by Gasteiger charge is -2.21. The van der Waals surface area contributed by atoms with Gasteiger partial charge in [0.05, 0.1) is 24.1 Å². The van der Waals surface area contributed by atoms with Crippen LogP contribution in [0.15, 0.2) is 42.9 Å². The molecule has 1 aromatic carbocycles. The Hall–Kier alpha value is -2.84. The van der Waals surface area contributed by atoms with Gasteiger partial charge >= 0.3 is 6.09 Å².